The van der Waals surface area contributed by atoms with Gasteiger partial charge >= 0.3 is 0 Å². The Labute approximate surface area is 61.9 Å². The molecule has 0 nitrogen and oxygen atoms in total. The molecule has 2 aliphatic rings. The van der Waals surface area contributed by atoms with Gasteiger partial charge in [0.05, 0.1) is 0 Å². The highest BCUT2D eigenvalue weighted by molar-refractivity contribution is 5.20. The van der Waals surface area contributed by atoms with E-state index in [0.29, 0.717) is 5.92 Å². The first-order valence-electron chi connectivity index (χ1n) is 3.98. The van der Waals surface area contributed by atoms with Gasteiger partial charge in [-0.05, 0) is 18.8 Å². The van der Waals surface area contributed by atoms with Gasteiger partial charge in [-0.25, -0.2) is 0 Å². The van der Waals surface area contributed by atoms with E-state index in [2.05, 4.69) is 36.5 Å². The van der Waals surface area contributed by atoms with E-state index in [1.54, 1.807) is 0 Å². The number of hydrogen-bond donors (Lipinski definition) is 0. The van der Waals surface area contributed by atoms with Crippen molar-refractivity contribution in [3.63, 3.8) is 0 Å². The molecule has 2 atom stereocenters. The molecule has 10 heavy (non-hydrogen) atoms. The van der Waals surface area contributed by atoms with Gasteiger partial charge in [0.25, 0.3) is 0 Å². The molecule has 0 heterocycles. The summed E-state index contributed by atoms with van der Waals surface area (Å²) in [6, 6.07) is 0. The highest BCUT2D eigenvalue weighted by Gasteiger charge is 2.17. The van der Waals surface area contributed by atoms with Gasteiger partial charge in [-0.15, -0.1) is 0 Å². The molecule has 0 saturated heterocycles. The summed E-state index contributed by atoms with van der Waals surface area (Å²) in [5.74, 6) is 1.51. The zero-order valence-corrected chi connectivity index (χ0v) is 6.03. The summed E-state index contributed by atoms with van der Waals surface area (Å²) in [5, 5.41) is 0. The topological polar surface area (TPSA) is 0 Å². The molecule has 52 valence electrons. The summed E-state index contributed by atoms with van der Waals surface area (Å²) in [4.78, 5) is 0. The monoisotopic (exact) mass is 132 g/mol. The maximum Gasteiger partial charge on any atom is 0.00127 e. The summed E-state index contributed by atoms with van der Waals surface area (Å²) in [7, 11) is 0. The van der Waals surface area contributed by atoms with Crippen LogP contribution in [0.4, 0.5) is 0 Å². The average molecular weight is 132 g/mol. The molecule has 0 unspecified atom stereocenters. The molecule has 0 saturated carbocycles. The van der Waals surface area contributed by atoms with E-state index < -0.39 is 0 Å². The van der Waals surface area contributed by atoms with E-state index in [-0.39, 0.29) is 0 Å². The van der Waals surface area contributed by atoms with Crippen LogP contribution in [0.3, 0.4) is 0 Å². The second-order valence-corrected chi connectivity index (χ2v) is 3.02. The standard InChI is InChI=1S/C10H12/c1-2-6-10-8-4-3-7-9(10)5-1/h1-3,5-7,9-10H,4,8H2/t9-,10-/m1/s1. The van der Waals surface area contributed by atoms with Crippen molar-refractivity contribution in [3.05, 3.63) is 36.5 Å². The van der Waals surface area contributed by atoms with Crippen LogP contribution in [0.1, 0.15) is 12.8 Å². The quantitative estimate of drug-likeness (QED) is 0.444. The highest BCUT2D eigenvalue weighted by atomic mass is 14.2. The normalized spacial score (nSPS) is 36.0. The molecular formula is C10H12. The minimum Gasteiger partial charge on any atom is -0.0879 e. The summed E-state index contributed by atoms with van der Waals surface area (Å²) < 4.78 is 0. The van der Waals surface area contributed by atoms with E-state index in [9.17, 15) is 0 Å². The van der Waals surface area contributed by atoms with Crippen molar-refractivity contribution >= 4 is 0 Å². The zero-order valence-electron chi connectivity index (χ0n) is 6.03. The van der Waals surface area contributed by atoms with Crippen LogP contribution >= 0.6 is 0 Å². The number of hydrogen-bond acceptors (Lipinski definition) is 0. The average Bonchev–Trinajstić information content (AvgIpc) is 2.05. The van der Waals surface area contributed by atoms with Crippen molar-refractivity contribution in [2.75, 3.05) is 0 Å². The van der Waals surface area contributed by atoms with Crippen molar-refractivity contribution in [2.24, 2.45) is 11.8 Å². The first kappa shape index (κ1) is 5.96. The van der Waals surface area contributed by atoms with Crippen LogP contribution < -0.4 is 0 Å². The Morgan fingerprint density at radius 2 is 1.90 bits per heavy atom. The lowest BCUT2D eigenvalue weighted by molar-refractivity contribution is 0.492. The molecule has 0 aromatic carbocycles. The summed E-state index contributed by atoms with van der Waals surface area (Å²) in [6.07, 6.45) is 16.2. The van der Waals surface area contributed by atoms with Crippen LogP contribution in [0, 0.1) is 11.8 Å². The molecule has 0 N–H and O–H groups in total. The first-order chi connectivity index (χ1) is 4.97. The minimum absolute atomic E-state index is 0.707. The Hall–Kier alpha value is -0.780. The lowest BCUT2D eigenvalue weighted by Crippen LogP contribution is -2.12. The number of rotatable bonds is 0. The van der Waals surface area contributed by atoms with E-state index in [1.165, 1.54) is 12.8 Å². The van der Waals surface area contributed by atoms with Gasteiger partial charge in [0.15, 0.2) is 0 Å². The molecule has 0 aromatic rings. The molecule has 0 amide bonds. The largest absolute Gasteiger partial charge is 0.0879 e. The molecular weight excluding hydrogens is 120 g/mol. The van der Waals surface area contributed by atoms with Crippen molar-refractivity contribution in [1.82, 2.24) is 0 Å². The second-order valence-electron chi connectivity index (χ2n) is 3.02. The fraction of sp³-hybridized carbons (Fsp3) is 0.400. The third-order valence-electron chi connectivity index (χ3n) is 2.32. The van der Waals surface area contributed by atoms with Crippen LogP contribution in [0.25, 0.3) is 0 Å². The van der Waals surface area contributed by atoms with Crippen LogP contribution in [0.15, 0.2) is 36.5 Å². The van der Waals surface area contributed by atoms with Gasteiger partial charge in [-0.3, -0.25) is 0 Å². The third-order valence-corrected chi connectivity index (χ3v) is 2.32. The van der Waals surface area contributed by atoms with Crippen LogP contribution in [-0.4, -0.2) is 0 Å². The lowest BCUT2D eigenvalue weighted by Gasteiger charge is -2.23. The fourth-order valence-electron chi connectivity index (χ4n) is 1.71. The van der Waals surface area contributed by atoms with E-state index >= 15 is 0 Å². The summed E-state index contributed by atoms with van der Waals surface area (Å²) >= 11 is 0. The van der Waals surface area contributed by atoms with Gasteiger partial charge in [0.1, 0.15) is 0 Å². The first-order valence-corrected chi connectivity index (χ1v) is 3.98. The fourth-order valence-corrected chi connectivity index (χ4v) is 1.71. The maximum absolute atomic E-state index is 2.33. The lowest BCUT2D eigenvalue weighted by atomic mass is 9.81. The van der Waals surface area contributed by atoms with Crippen molar-refractivity contribution < 1.29 is 0 Å². The van der Waals surface area contributed by atoms with Gasteiger partial charge in [-0.2, -0.15) is 0 Å². The number of fused-ring (bicyclic) bond motifs is 1. The van der Waals surface area contributed by atoms with Crippen LogP contribution in [-0.2, 0) is 0 Å². The molecule has 0 aromatic heterocycles. The van der Waals surface area contributed by atoms with E-state index in [4.69, 9.17) is 0 Å². The molecule has 2 aliphatic carbocycles. The smallest absolute Gasteiger partial charge is 0.00127 e. The molecule has 0 heteroatoms. The third kappa shape index (κ3) is 0.942. The zero-order chi connectivity index (χ0) is 6.81. The molecule has 2 rings (SSSR count). The molecule has 0 fully saturated rings. The summed E-state index contributed by atoms with van der Waals surface area (Å²) in [5.41, 5.74) is 0. The second kappa shape index (κ2) is 2.45. The van der Waals surface area contributed by atoms with Crippen molar-refractivity contribution in [1.29, 1.82) is 0 Å². The predicted octanol–water partition coefficient (Wildman–Crippen LogP) is 2.69. The minimum atomic E-state index is 0.707. The van der Waals surface area contributed by atoms with Gasteiger partial charge < -0.3 is 0 Å². The Morgan fingerprint density at radius 1 is 1.00 bits per heavy atom. The Balaban J connectivity index is 2.21. The maximum atomic E-state index is 2.33. The number of allylic oxidation sites excluding steroid dienone is 6. The molecule has 0 bridgehead atoms. The van der Waals surface area contributed by atoms with Crippen LogP contribution in [0.5, 0.6) is 0 Å². The Kier molecular flexibility index (Phi) is 1.46. The molecule has 0 aliphatic heterocycles. The SMILES string of the molecule is C1=C[C@@H]2C=CCC[C@H]2C=C1. The van der Waals surface area contributed by atoms with Gasteiger partial charge in [0.2, 0.25) is 0 Å². The highest BCUT2D eigenvalue weighted by Crippen LogP contribution is 2.28. The Bertz CT molecular complexity index is 196. The van der Waals surface area contributed by atoms with E-state index in [0.717, 1.165) is 5.92 Å². The van der Waals surface area contributed by atoms with Gasteiger partial charge in [-0.1, -0.05) is 36.5 Å². The van der Waals surface area contributed by atoms with Crippen molar-refractivity contribution in [2.45, 2.75) is 12.8 Å². The Morgan fingerprint density at radius 3 is 2.80 bits per heavy atom. The predicted molar refractivity (Wildman–Crippen MR) is 43.6 cm³/mol. The van der Waals surface area contributed by atoms with E-state index in [1.807, 2.05) is 0 Å². The van der Waals surface area contributed by atoms with Gasteiger partial charge in [0, 0.05) is 5.92 Å². The summed E-state index contributed by atoms with van der Waals surface area (Å²) in [6.45, 7) is 0. The van der Waals surface area contributed by atoms with Crippen molar-refractivity contribution in [3.8, 4) is 0 Å². The molecule has 0 radical (unpaired) electrons. The molecule has 0 spiro atoms. The van der Waals surface area contributed by atoms with Crippen LogP contribution in [0.2, 0.25) is 0 Å².